The minimum absolute atomic E-state index is 0.173. The number of rotatable bonds is 3. The third kappa shape index (κ3) is 2.56. The summed E-state index contributed by atoms with van der Waals surface area (Å²) in [5, 5.41) is 1.06. The minimum Gasteiger partial charge on any atom is -0.464 e. The molecule has 0 unspecified atom stereocenters. The smallest absolute Gasteiger partial charge is 0.227 e. The summed E-state index contributed by atoms with van der Waals surface area (Å²) in [5.41, 5.74) is 9.92. The number of nitrogens with two attached hydrogens (primary N) is 1. The third-order valence-corrected chi connectivity index (χ3v) is 4.66. The molecule has 1 atom stereocenters. The van der Waals surface area contributed by atoms with Crippen molar-refractivity contribution in [2.75, 3.05) is 19.6 Å². The number of furan rings is 1. The molecule has 4 nitrogen and oxygen atoms in total. The Kier molecular flexibility index (Phi) is 3.72. The maximum absolute atomic E-state index is 12.4. The first-order valence-corrected chi connectivity index (χ1v) is 7.54. The van der Waals surface area contributed by atoms with E-state index in [0.717, 1.165) is 41.6 Å². The number of amides is 1. The summed E-state index contributed by atoms with van der Waals surface area (Å²) in [7, 11) is 0. The molecule has 1 amide bonds. The first kappa shape index (κ1) is 14.1. The fraction of sp³-hybridized carbons (Fsp3) is 0.471. The van der Waals surface area contributed by atoms with E-state index >= 15 is 0 Å². The van der Waals surface area contributed by atoms with E-state index in [9.17, 15) is 4.79 Å². The van der Waals surface area contributed by atoms with E-state index in [2.05, 4.69) is 26.0 Å². The van der Waals surface area contributed by atoms with Crippen molar-refractivity contribution in [2.45, 2.75) is 26.7 Å². The molecule has 2 heterocycles. The number of benzene rings is 1. The minimum atomic E-state index is 0.173. The molecule has 0 spiro atoms. The molecular weight excluding hydrogens is 264 g/mol. The summed E-state index contributed by atoms with van der Waals surface area (Å²) in [4.78, 5) is 14.3. The Morgan fingerprint density at radius 1 is 1.43 bits per heavy atom. The van der Waals surface area contributed by atoms with Gasteiger partial charge in [-0.2, -0.15) is 0 Å². The van der Waals surface area contributed by atoms with Crippen LogP contribution in [0.25, 0.3) is 11.0 Å². The summed E-state index contributed by atoms with van der Waals surface area (Å²) >= 11 is 0. The molecule has 2 aromatic rings. The van der Waals surface area contributed by atoms with Crippen LogP contribution >= 0.6 is 0 Å². The van der Waals surface area contributed by atoms with Crippen molar-refractivity contribution >= 4 is 16.9 Å². The molecule has 21 heavy (non-hydrogen) atoms. The van der Waals surface area contributed by atoms with Gasteiger partial charge in [-0.15, -0.1) is 0 Å². The summed E-state index contributed by atoms with van der Waals surface area (Å²) in [6.07, 6.45) is 3.16. The highest BCUT2D eigenvalue weighted by Gasteiger charge is 2.25. The van der Waals surface area contributed by atoms with Crippen molar-refractivity contribution in [1.29, 1.82) is 0 Å². The molecular formula is C17H22N2O2. The van der Waals surface area contributed by atoms with Crippen LogP contribution in [0.15, 0.2) is 22.8 Å². The van der Waals surface area contributed by atoms with E-state index in [1.54, 1.807) is 6.26 Å². The summed E-state index contributed by atoms with van der Waals surface area (Å²) in [6, 6.07) is 4.14. The van der Waals surface area contributed by atoms with Gasteiger partial charge in [0.1, 0.15) is 5.58 Å². The van der Waals surface area contributed by atoms with Crippen molar-refractivity contribution in [2.24, 2.45) is 11.7 Å². The van der Waals surface area contributed by atoms with Crippen molar-refractivity contribution in [3.63, 3.8) is 0 Å². The van der Waals surface area contributed by atoms with Crippen molar-refractivity contribution in [3.8, 4) is 0 Å². The van der Waals surface area contributed by atoms with Gasteiger partial charge >= 0.3 is 0 Å². The van der Waals surface area contributed by atoms with Gasteiger partial charge in [-0.1, -0.05) is 12.1 Å². The van der Waals surface area contributed by atoms with Crippen LogP contribution < -0.4 is 5.73 Å². The maximum atomic E-state index is 12.4. The number of fused-ring (bicyclic) bond motifs is 1. The average Bonchev–Trinajstić information content (AvgIpc) is 3.10. The van der Waals surface area contributed by atoms with Crippen LogP contribution in [0.2, 0.25) is 0 Å². The van der Waals surface area contributed by atoms with Gasteiger partial charge in [-0.05, 0) is 43.9 Å². The molecule has 2 N–H and O–H groups in total. The molecule has 0 bridgehead atoms. The molecule has 1 aliphatic heterocycles. The molecule has 1 saturated heterocycles. The third-order valence-electron chi connectivity index (χ3n) is 4.66. The van der Waals surface area contributed by atoms with Crippen LogP contribution in [-0.2, 0) is 11.2 Å². The predicted molar refractivity (Wildman–Crippen MR) is 83.1 cm³/mol. The fourth-order valence-corrected chi connectivity index (χ4v) is 3.05. The van der Waals surface area contributed by atoms with E-state index in [1.165, 1.54) is 5.56 Å². The number of likely N-dealkylation sites (tertiary alicyclic amines) is 1. The largest absolute Gasteiger partial charge is 0.464 e. The highest BCUT2D eigenvalue weighted by Crippen LogP contribution is 2.27. The SMILES string of the molecule is Cc1ccc2c(CC(=O)N3CC[C@@H](CN)C3)coc2c1C. The van der Waals surface area contributed by atoms with Gasteiger partial charge < -0.3 is 15.1 Å². The predicted octanol–water partition coefficient (Wildman–Crippen LogP) is 2.40. The van der Waals surface area contributed by atoms with Gasteiger partial charge in [0.2, 0.25) is 5.91 Å². The lowest BCUT2D eigenvalue weighted by Gasteiger charge is -2.15. The van der Waals surface area contributed by atoms with E-state index < -0.39 is 0 Å². The average molecular weight is 286 g/mol. The second kappa shape index (κ2) is 5.53. The number of hydrogen-bond donors (Lipinski definition) is 1. The van der Waals surface area contributed by atoms with Crippen molar-refractivity contribution < 1.29 is 9.21 Å². The fourth-order valence-electron chi connectivity index (χ4n) is 3.05. The highest BCUT2D eigenvalue weighted by atomic mass is 16.3. The Bertz CT molecular complexity index is 675. The van der Waals surface area contributed by atoms with Gasteiger partial charge in [-0.25, -0.2) is 0 Å². The highest BCUT2D eigenvalue weighted by molar-refractivity contribution is 5.89. The van der Waals surface area contributed by atoms with Crippen LogP contribution in [0.3, 0.4) is 0 Å². The summed E-state index contributed by atoms with van der Waals surface area (Å²) in [5.74, 6) is 0.631. The quantitative estimate of drug-likeness (QED) is 0.942. The normalized spacial score (nSPS) is 18.6. The lowest BCUT2D eigenvalue weighted by atomic mass is 10.0. The van der Waals surface area contributed by atoms with Crippen molar-refractivity contribution in [3.05, 3.63) is 35.1 Å². The van der Waals surface area contributed by atoms with Crippen LogP contribution in [0.5, 0.6) is 0 Å². The second-order valence-electron chi connectivity index (χ2n) is 6.05. The van der Waals surface area contributed by atoms with E-state index in [-0.39, 0.29) is 5.91 Å². The summed E-state index contributed by atoms with van der Waals surface area (Å²) < 4.78 is 5.68. The van der Waals surface area contributed by atoms with Crippen LogP contribution in [0.1, 0.15) is 23.1 Å². The van der Waals surface area contributed by atoms with Gasteiger partial charge in [0.05, 0.1) is 12.7 Å². The van der Waals surface area contributed by atoms with Gasteiger partial charge in [0, 0.05) is 24.0 Å². The number of nitrogens with zero attached hydrogens (tertiary/aromatic N) is 1. The molecule has 112 valence electrons. The molecule has 1 fully saturated rings. The number of aryl methyl sites for hydroxylation is 2. The summed E-state index contributed by atoms with van der Waals surface area (Å²) in [6.45, 7) is 6.41. The van der Waals surface area contributed by atoms with Crippen LogP contribution in [-0.4, -0.2) is 30.4 Å². The van der Waals surface area contributed by atoms with Crippen LogP contribution in [0, 0.1) is 19.8 Å². The molecule has 0 radical (unpaired) electrons. The molecule has 4 heteroatoms. The van der Waals surface area contributed by atoms with Gasteiger partial charge in [0.25, 0.3) is 0 Å². The van der Waals surface area contributed by atoms with Gasteiger partial charge in [-0.3, -0.25) is 4.79 Å². The Morgan fingerprint density at radius 3 is 2.95 bits per heavy atom. The van der Waals surface area contributed by atoms with E-state index in [4.69, 9.17) is 10.2 Å². The zero-order chi connectivity index (χ0) is 15.0. The number of carbonyl (C=O) groups excluding carboxylic acids is 1. The van der Waals surface area contributed by atoms with E-state index in [1.807, 2.05) is 4.90 Å². The lowest BCUT2D eigenvalue weighted by Crippen LogP contribution is -2.31. The second-order valence-corrected chi connectivity index (χ2v) is 6.05. The molecule has 0 saturated carbocycles. The monoisotopic (exact) mass is 286 g/mol. The maximum Gasteiger partial charge on any atom is 0.227 e. The Morgan fingerprint density at radius 2 is 2.24 bits per heavy atom. The zero-order valence-electron chi connectivity index (χ0n) is 12.7. The first-order valence-electron chi connectivity index (χ1n) is 7.54. The molecule has 1 aromatic carbocycles. The molecule has 3 rings (SSSR count). The first-order chi connectivity index (χ1) is 10.1. The van der Waals surface area contributed by atoms with E-state index in [0.29, 0.717) is 18.9 Å². The molecule has 1 aromatic heterocycles. The zero-order valence-corrected chi connectivity index (χ0v) is 12.7. The van der Waals surface area contributed by atoms with Crippen LogP contribution in [0.4, 0.5) is 0 Å². The standard InChI is InChI=1S/C17H22N2O2/c1-11-3-4-15-14(10-21-17(15)12(11)2)7-16(20)19-6-5-13(8-18)9-19/h3-4,10,13H,5-9,18H2,1-2H3/t13-/m0/s1. The lowest BCUT2D eigenvalue weighted by molar-refractivity contribution is -0.129. The van der Waals surface area contributed by atoms with Gasteiger partial charge in [0.15, 0.2) is 0 Å². The molecule has 0 aliphatic carbocycles. The number of carbonyl (C=O) groups is 1. The van der Waals surface area contributed by atoms with Crippen molar-refractivity contribution in [1.82, 2.24) is 4.90 Å². The topological polar surface area (TPSA) is 59.5 Å². The Labute approximate surface area is 124 Å². The Hall–Kier alpha value is -1.81. The number of hydrogen-bond acceptors (Lipinski definition) is 3. The molecule has 1 aliphatic rings. The Balaban J connectivity index is 1.79.